The van der Waals surface area contributed by atoms with Gasteiger partial charge < -0.3 is 11.1 Å². The van der Waals surface area contributed by atoms with Crippen molar-refractivity contribution in [2.75, 3.05) is 11.9 Å². The maximum atomic E-state index is 12.2. The van der Waals surface area contributed by atoms with Gasteiger partial charge in [0.2, 0.25) is 5.91 Å². The van der Waals surface area contributed by atoms with Crippen LogP contribution in [0.2, 0.25) is 0 Å². The molecule has 4 heteroatoms. The van der Waals surface area contributed by atoms with E-state index in [1.807, 2.05) is 26.0 Å². The van der Waals surface area contributed by atoms with Crippen molar-refractivity contribution in [1.29, 1.82) is 0 Å². The fourth-order valence-corrected chi connectivity index (χ4v) is 2.71. The van der Waals surface area contributed by atoms with Gasteiger partial charge in [-0.15, -0.1) is 0 Å². The summed E-state index contributed by atoms with van der Waals surface area (Å²) in [6.45, 7) is 4.46. The number of hydrogen-bond acceptors (Lipinski definition) is 3. The van der Waals surface area contributed by atoms with Gasteiger partial charge >= 0.3 is 0 Å². The van der Waals surface area contributed by atoms with Crippen molar-refractivity contribution in [2.24, 2.45) is 17.6 Å². The van der Waals surface area contributed by atoms with Crippen LogP contribution in [0.15, 0.2) is 12.1 Å². The van der Waals surface area contributed by atoms with Crippen LogP contribution in [0.25, 0.3) is 0 Å². The summed E-state index contributed by atoms with van der Waals surface area (Å²) < 4.78 is 0. The number of amides is 1. The lowest BCUT2D eigenvalue weighted by molar-refractivity contribution is -0.120. The Bertz CT molecular complexity index is 445. The molecule has 2 atom stereocenters. The molecule has 0 unspecified atom stereocenters. The molecule has 1 aromatic heterocycles. The van der Waals surface area contributed by atoms with Crippen molar-refractivity contribution in [3.8, 4) is 0 Å². The molecule has 3 N–H and O–H groups in total. The highest BCUT2D eigenvalue weighted by Crippen LogP contribution is 2.32. The van der Waals surface area contributed by atoms with Crippen LogP contribution in [-0.4, -0.2) is 17.4 Å². The lowest BCUT2D eigenvalue weighted by Crippen LogP contribution is -2.30. The number of nitrogens with two attached hydrogens (primary N) is 1. The van der Waals surface area contributed by atoms with Gasteiger partial charge in [0.1, 0.15) is 0 Å². The molecule has 2 rings (SSSR count). The molecule has 1 aliphatic rings. The average Bonchev–Trinajstić information content (AvgIpc) is 2.81. The average molecular weight is 247 g/mol. The number of carbonyl (C=O) groups is 1. The Balaban J connectivity index is 2.07. The molecule has 18 heavy (non-hydrogen) atoms. The van der Waals surface area contributed by atoms with Crippen LogP contribution in [0.3, 0.4) is 0 Å². The lowest BCUT2D eigenvalue weighted by Gasteiger charge is -2.18. The van der Waals surface area contributed by atoms with Gasteiger partial charge in [-0.2, -0.15) is 0 Å². The topological polar surface area (TPSA) is 68.0 Å². The predicted octanol–water partition coefficient (Wildman–Crippen LogP) is 2.01. The highest BCUT2D eigenvalue weighted by Gasteiger charge is 2.32. The highest BCUT2D eigenvalue weighted by molar-refractivity contribution is 5.93. The van der Waals surface area contributed by atoms with Crippen molar-refractivity contribution in [3.05, 3.63) is 23.5 Å². The molecule has 98 valence electrons. The Morgan fingerprint density at radius 1 is 1.44 bits per heavy atom. The van der Waals surface area contributed by atoms with Gasteiger partial charge in [-0.05, 0) is 51.3 Å². The third kappa shape index (κ3) is 2.70. The second-order valence-electron chi connectivity index (χ2n) is 5.11. The van der Waals surface area contributed by atoms with Crippen molar-refractivity contribution in [3.63, 3.8) is 0 Å². The fraction of sp³-hybridized carbons (Fsp3) is 0.571. The fourth-order valence-electron chi connectivity index (χ4n) is 2.71. The summed E-state index contributed by atoms with van der Waals surface area (Å²) in [5.41, 5.74) is 8.36. The van der Waals surface area contributed by atoms with Crippen molar-refractivity contribution in [1.82, 2.24) is 4.98 Å². The molecule has 0 aromatic carbocycles. The largest absolute Gasteiger partial charge is 0.330 e. The molecule has 0 aliphatic heterocycles. The smallest absolute Gasteiger partial charge is 0.227 e. The van der Waals surface area contributed by atoms with Gasteiger partial charge in [0, 0.05) is 11.6 Å². The van der Waals surface area contributed by atoms with E-state index in [2.05, 4.69) is 10.3 Å². The maximum Gasteiger partial charge on any atom is 0.227 e. The second-order valence-corrected chi connectivity index (χ2v) is 5.11. The van der Waals surface area contributed by atoms with Crippen molar-refractivity contribution >= 4 is 11.6 Å². The molecule has 4 nitrogen and oxygen atoms in total. The molecule has 1 fully saturated rings. The summed E-state index contributed by atoms with van der Waals surface area (Å²) >= 11 is 0. The van der Waals surface area contributed by atoms with Crippen LogP contribution < -0.4 is 11.1 Å². The van der Waals surface area contributed by atoms with Gasteiger partial charge in [-0.1, -0.05) is 6.42 Å². The summed E-state index contributed by atoms with van der Waals surface area (Å²) in [5.74, 6) is 0.496. The van der Waals surface area contributed by atoms with Gasteiger partial charge in [0.15, 0.2) is 0 Å². The monoisotopic (exact) mass is 247 g/mol. The number of rotatable bonds is 3. The first-order chi connectivity index (χ1) is 8.61. The zero-order chi connectivity index (χ0) is 13.1. The molecule has 0 bridgehead atoms. The number of aromatic nitrogens is 1. The summed E-state index contributed by atoms with van der Waals surface area (Å²) in [4.78, 5) is 16.6. The van der Waals surface area contributed by atoms with Gasteiger partial charge in [0.05, 0.1) is 11.4 Å². The van der Waals surface area contributed by atoms with Crippen molar-refractivity contribution in [2.45, 2.75) is 33.1 Å². The third-order valence-electron chi connectivity index (χ3n) is 3.78. The first-order valence-corrected chi connectivity index (χ1v) is 6.57. The van der Waals surface area contributed by atoms with E-state index in [0.29, 0.717) is 12.5 Å². The summed E-state index contributed by atoms with van der Waals surface area (Å²) in [5, 5.41) is 2.99. The summed E-state index contributed by atoms with van der Waals surface area (Å²) in [6.07, 6.45) is 3.12. The molecular weight excluding hydrogens is 226 g/mol. The number of anilines is 1. The Labute approximate surface area is 108 Å². The van der Waals surface area contributed by atoms with Crippen LogP contribution in [-0.2, 0) is 4.79 Å². The lowest BCUT2D eigenvalue weighted by atomic mass is 9.95. The summed E-state index contributed by atoms with van der Waals surface area (Å²) in [6, 6.07) is 3.83. The van der Waals surface area contributed by atoms with Gasteiger partial charge in [0.25, 0.3) is 0 Å². The van der Waals surface area contributed by atoms with Crippen LogP contribution in [0.4, 0.5) is 5.69 Å². The van der Waals surface area contributed by atoms with Gasteiger partial charge in [-0.3, -0.25) is 9.78 Å². The van der Waals surface area contributed by atoms with E-state index < -0.39 is 0 Å². The first kappa shape index (κ1) is 13.0. The SMILES string of the molecule is Cc1ccc(NC(=O)[C@@H]2CCC[C@@H]2CN)c(C)n1. The van der Waals surface area contributed by atoms with E-state index in [-0.39, 0.29) is 11.8 Å². The number of hydrogen-bond donors (Lipinski definition) is 2. The van der Waals surface area contributed by atoms with E-state index in [1.165, 1.54) is 0 Å². The second kappa shape index (κ2) is 5.48. The third-order valence-corrected chi connectivity index (χ3v) is 3.78. The number of nitrogens with zero attached hydrogens (tertiary/aromatic N) is 1. The van der Waals surface area contributed by atoms with Crippen LogP contribution >= 0.6 is 0 Å². The minimum Gasteiger partial charge on any atom is -0.330 e. The van der Waals surface area contributed by atoms with E-state index in [4.69, 9.17) is 5.73 Å². The Morgan fingerprint density at radius 3 is 2.89 bits per heavy atom. The number of carbonyl (C=O) groups excluding carboxylic acids is 1. The number of pyridine rings is 1. The quantitative estimate of drug-likeness (QED) is 0.858. The van der Waals surface area contributed by atoms with E-state index in [0.717, 1.165) is 36.3 Å². The Kier molecular flexibility index (Phi) is 3.97. The molecule has 1 aromatic rings. The van der Waals surface area contributed by atoms with Crippen LogP contribution in [0.1, 0.15) is 30.7 Å². The minimum atomic E-state index is 0.0655. The molecule has 1 heterocycles. The zero-order valence-electron chi connectivity index (χ0n) is 11.1. The van der Waals surface area contributed by atoms with Crippen LogP contribution in [0, 0.1) is 25.7 Å². The Hall–Kier alpha value is -1.42. The highest BCUT2D eigenvalue weighted by atomic mass is 16.1. The molecule has 1 aliphatic carbocycles. The normalized spacial score (nSPS) is 23.1. The predicted molar refractivity (Wildman–Crippen MR) is 72.2 cm³/mol. The minimum absolute atomic E-state index is 0.0655. The molecule has 0 saturated heterocycles. The molecule has 0 radical (unpaired) electrons. The van der Waals surface area contributed by atoms with E-state index in [1.54, 1.807) is 0 Å². The van der Waals surface area contributed by atoms with E-state index in [9.17, 15) is 4.79 Å². The van der Waals surface area contributed by atoms with E-state index >= 15 is 0 Å². The van der Waals surface area contributed by atoms with Gasteiger partial charge in [-0.25, -0.2) is 0 Å². The summed E-state index contributed by atoms with van der Waals surface area (Å²) in [7, 11) is 0. The molecular formula is C14H21N3O. The molecule has 0 spiro atoms. The maximum absolute atomic E-state index is 12.2. The first-order valence-electron chi connectivity index (χ1n) is 6.57. The number of aryl methyl sites for hydroxylation is 2. The van der Waals surface area contributed by atoms with Crippen molar-refractivity contribution < 1.29 is 4.79 Å². The standard InChI is InChI=1S/C14H21N3O/c1-9-6-7-13(10(2)16-9)17-14(18)12-5-3-4-11(12)8-15/h6-7,11-12H,3-5,8,15H2,1-2H3,(H,17,18)/t11-,12-/m1/s1. The zero-order valence-corrected chi connectivity index (χ0v) is 11.1. The number of nitrogens with one attached hydrogen (secondary N) is 1. The Morgan fingerprint density at radius 2 is 2.22 bits per heavy atom. The molecule has 1 saturated carbocycles. The van der Waals surface area contributed by atoms with Crippen LogP contribution in [0.5, 0.6) is 0 Å². The molecule has 1 amide bonds.